The highest BCUT2D eigenvalue weighted by Gasteiger charge is 2.19. The van der Waals surface area contributed by atoms with Crippen molar-refractivity contribution in [1.29, 1.82) is 0 Å². The van der Waals surface area contributed by atoms with E-state index in [1.807, 2.05) is 0 Å². The van der Waals surface area contributed by atoms with Gasteiger partial charge in [0.15, 0.2) is 5.71 Å². The summed E-state index contributed by atoms with van der Waals surface area (Å²) in [5.74, 6) is -1.93. The van der Waals surface area contributed by atoms with Crippen LogP contribution < -0.4 is 5.73 Å². The van der Waals surface area contributed by atoms with Crippen LogP contribution in [0.1, 0.15) is 5.56 Å². The van der Waals surface area contributed by atoms with Gasteiger partial charge >= 0.3 is 0 Å². The Kier molecular flexibility index (Phi) is 3.56. The number of oxime groups is 1. The maximum atomic E-state index is 11.3. The van der Waals surface area contributed by atoms with Gasteiger partial charge in [-0.1, -0.05) is 35.5 Å². The van der Waals surface area contributed by atoms with E-state index in [9.17, 15) is 9.59 Å². The Morgan fingerprint density at radius 1 is 1.27 bits per heavy atom. The first-order valence-electron chi connectivity index (χ1n) is 4.17. The number of hydrogen-bond acceptors (Lipinski definition) is 4. The lowest BCUT2D eigenvalue weighted by molar-refractivity contribution is -0.132. The zero-order valence-corrected chi connectivity index (χ0v) is 8.14. The highest BCUT2D eigenvalue weighted by molar-refractivity contribution is 6.67. The predicted octanol–water partition coefficient (Wildman–Crippen LogP) is 0.0915. The second kappa shape index (κ2) is 4.90. The smallest absolute Gasteiger partial charge is 0.291 e. The van der Waals surface area contributed by atoms with Crippen molar-refractivity contribution in [3.05, 3.63) is 35.9 Å². The van der Waals surface area contributed by atoms with Crippen LogP contribution in [-0.4, -0.2) is 24.5 Å². The summed E-state index contributed by atoms with van der Waals surface area (Å²) in [7, 11) is 1.29. The fourth-order valence-corrected chi connectivity index (χ4v) is 1.03. The van der Waals surface area contributed by atoms with Crippen LogP contribution in [0.2, 0.25) is 0 Å². The topological polar surface area (TPSA) is 81.8 Å². The highest BCUT2D eigenvalue weighted by Crippen LogP contribution is 2.02. The van der Waals surface area contributed by atoms with Crippen molar-refractivity contribution in [3.63, 3.8) is 0 Å². The number of primary amides is 1. The molecule has 0 aliphatic rings. The molecule has 5 nitrogen and oxygen atoms in total. The number of carbonyl (C=O) groups excluding carboxylic acids is 2. The second-order valence-electron chi connectivity index (χ2n) is 2.68. The molecule has 0 bridgehead atoms. The third kappa shape index (κ3) is 2.63. The molecule has 0 aromatic heterocycles. The molecule has 0 radical (unpaired) electrons. The Hall–Kier alpha value is -2.17. The number of carbonyl (C=O) groups is 2. The lowest BCUT2D eigenvalue weighted by Gasteiger charge is -2.01. The van der Waals surface area contributed by atoms with Crippen molar-refractivity contribution < 1.29 is 14.4 Å². The maximum Gasteiger partial charge on any atom is 0.291 e. The molecule has 1 aromatic carbocycles. The first kappa shape index (κ1) is 10.9. The predicted molar refractivity (Wildman–Crippen MR) is 54.2 cm³/mol. The number of nitrogens with two attached hydrogens (primary N) is 1. The highest BCUT2D eigenvalue weighted by atomic mass is 16.6. The minimum atomic E-state index is -1.06. The summed E-state index contributed by atoms with van der Waals surface area (Å²) in [6, 6.07) is 8.49. The van der Waals surface area contributed by atoms with Gasteiger partial charge in [0, 0.05) is 5.56 Å². The van der Waals surface area contributed by atoms with E-state index in [1.165, 1.54) is 7.11 Å². The van der Waals surface area contributed by atoms with Crippen LogP contribution >= 0.6 is 0 Å². The molecule has 0 saturated carbocycles. The number of rotatable bonds is 4. The Labute approximate surface area is 86.5 Å². The van der Waals surface area contributed by atoms with Gasteiger partial charge in [-0.3, -0.25) is 9.59 Å². The molecule has 0 unspecified atom stereocenters. The first-order chi connectivity index (χ1) is 7.16. The van der Waals surface area contributed by atoms with Gasteiger partial charge in [-0.15, -0.1) is 0 Å². The van der Waals surface area contributed by atoms with Crippen LogP contribution in [-0.2, 0) is 14.4 Å². The van der Waals surface area contributed by atoms with E-state index >= 15 is 0 Å². The second-order valence-corrected chi connectivity index (χ2v) is 2.68. The fourth-order valence-electron chi connectivity index (χ4n) is 1.03. The van der Waals surface area contributed by atoms with E-state index in [0.29, 0.717) is 5.56 Å². The monoisotopic (exact) mass is 206 g/mol. The molecule has 0 spiro atoms. The van der Waals surface area contributed by atoms with E-state index in [4.69, 9.17) is 5.73 Å². The maximum absolute atomic E-state index is 11.3. The molecule has 0 aliphatic heterocycles. The van der Waals surface area contributed by atoms with Crippen molar-refractivity contribution in [2.45, 2.75) is 0 Å². The molecule has 5 heteroatoms. The van der Waals surface area contributed by atoms with Crippen molar-refractivity contribution in [1.82, 2.24) is 0 Å². The van der Waals surface area contributed by atoms with Crippen LogP contribution in [0, 0.1) is 0 Å². The van der Waals surface area contributed by atoms with Gasteiger partial charge in [-0.05, 0) is 0 Å². The van der Waals surface area contributed by atoms with E-state index in [-0.39, 0.29) is 5.71 Å². The average Bonchev–Trinajstić information content (AvgIpc) is 2.26. The normalized spacial score (nSPS) is 10.9. The third-order valence-electron chi connectivity index (χ3n) is 1.67. The Morgan fingerprint density at radius 2 is 1.87 bits per heavy atom. The summed E-state index contributed by atoms with van der Waals surface area (Å²) in [6.45, 7) is 0. The minimum absolute atomic E-state index is 0.0920. The van der Waals surface area contributed by atoms with E-state index in [2.05, 4.69) is 9.99 Å². The quantitative estimate of drug-likeness (QED) is 0.430. The summed E-state index contributed by atoms with van der Waals surface area (Å²) in [4.78, 5) is 26.6. The van der Waals surface area contributed by atoms with Crippen molar-refractivity contribution in [3.8, 4) is 0 Å². The van der Waals surface area contributed by atoms with Gasteiger partial charge in [0.25, 0.3) is 11.7 Å². The summed E-state index contributed by atoms with van der Waals surface area (Å²) >= 11 is 0. The van der Waals surface area contributed by atoms with Crippen molar-refractivity contribution in [2.75, 3.05) is 7.11 Å². The van der Waals surface area contributed by atoms with Gasteiger partial charge in [0.1, 0.15) is 7.11 Å². The minimum Gasteiger partial charge on any atom is -0.399 e. The van der Waals surface area contributed by atoms with Crippen LogP contribution in [0.4, 0.5) is 0 Å². The molecule has 2 N–H and O–H groups in total. The average molecular weight is 206 g/mol. The fraction of sp³-hybridized carbons (Fsp3) is 0.100. The Balaban J connectivity index is 3.11. The molecule has 0 aliphatic carbocycles. The first-order valence-corrected chi connectivity index (χ1v) is 4.17. The van der Waals surface area contributed by atoms with Gasteiger partial charge in [-0.25, -0.2) is 0 Å². The molecule has 1 amide bonds. The molecule has 1 rings (SSSR count). The largest absolute Gasteiger partial charge is 0.399 e. The van der Waals surface area contributed by atoms with E-state index in [1.54, 1.807) is 30.3 Å². The van der Waals surface area contributed by atoms with Gasteiger partial charge in [-0.2, -0.15) is 0 Å². The van der Waals surface area contributed by atoms with Crippen LogP contribution in [0.5, 0.6) is 0 Å². The van der Waals surface area contributed by atoms with Crippen LogP contribution in [0.3, 0.4) is 0 Å². The Bertz CT molecular complexity index is 398. The molecule has 0 fully saturated rings. The third-order valence-corrected chi connectivity index (χ3v) is 1.67. The number of amides is 1. The lowest BCUT2D eigenvalue weighted by Crippen LogP contribution is -2.31. The lowest BCUT2D eigenvalue weighted by atomic mass is 10.1. The van der Waals surface area contributed by atoms with Crippen LogP contribution in [0.15, 0.2) is 35.5 Å². The molecular weight excluding hydrogens is 196 g/mol. The number of hydrogen-bond donors (Lipinski definition) is 1. The molecular formula is C10H10N2O3. The number of Topliss-reactive ketones (excluding diaryl/α,β-unsaturated/α-hetero) is 1. The van der Waals surface area contributed by atoms with E-state index < -0.39 is 11.7 Å². The van der Waals surface area contributed by atoms with Gasteiger partial charge in [0.2, 0.25) is 0 Å². The number of nitrogens with zero attached hydrogens (tertiary/aromatic N) is 1. The molecule has 0 saturated heterocycles. The zero-order valence-electron chi connectivity index (χ0n) is 8.14. The van der Waals surface area contributed by atoms with Gasteiger partial charge in [0.05, 0.1) is 0 Å². The molecule has 15 heavy (non-hydrogen) atoms. The number of ketones is 1. The molecule has 1 aromatic rings. The van der Waals surface area contributed by atoms with Gasteiger partial charge < -0.3 is 10.6 Å². The Morgan fingerprint density at radius 3 is 2.33 bits per heavy atom. The summed E-state index contributed by atoms with van der Waals surface area (Å²) in [5.41, 5.74) is 5.28. The van der Waals surface area contributed by atoms with Crippen molar-refractivity contribution in [2.24, 2.45) is 10.9 Å². The SMILES string of the molecule is CON=C(C(=O)C(N)=O)c1ccccc1. The zero-order chi connectivity index (χ0) is 11.3. The summed E-state index contributed by atoms with van der Waals surface area (Å²) < 4.78 is 0. The standard InChI is InChI=1S/C10H10N2O3/c1-15-12-8(9(13)10(11)14)7-5-3-2-4-6-7/h2-6H,1H3,(H2,11,14). The van der Waals surface area contributed by atoms with Crippen LogP contribution in [0.25, 0.3) is 0 Å². The van der Waals surface area contributed by atoms with E-state index in [0.717, 1.165) is 0 Å². The molecule has 0 atom stereocenters. The van der Waals surface area contributed by atoms with Crippen molar-refractivity contribution >= 4 is 17.4 Å². The molecule has 78 valence electrons. The summed E-state index contributed by atoms with van der Waals surface area (Å²) in [6.07, 6.45) is 0. The molecule has 0 heterocycles. The number of benzene rings is 1. The summed E-state index contributed by atoms with van der Waals surface area (Å²) in [5, 5.41) is 3.48.